The van der Waals surface area contributed by atoms with E-state index in [1.807, 2.05) is 30.3 Å². The van der Waals surface area contributed by atoms with E-state index < -0.39 is 0 Å². The molecule has 4 aromatic carbocycles. The number of anilines is 2. The van der Waals surface area contributed by atoms with Crippen LogP contribution in [0.1, 0.15) is 40.8 Å². The maximum Gasteiger partial charge on any atom is 0.122 e. The molecule has 0 saturated carbocycles. The average molecular weight is 634 g/mol. The predicted molar refractivity (Wildman–Crippen MR) is 185 cm³/mol. The lowest BCUT2D eigenvalue weighted by Crippen LogP contribution is -2.30. The molecule has 3 aliphatic rings. The van der Waals surface area contributed by atoms with E-state index >= 15 is 0 Å². The van der Waals surface area contributed by atoms with Gasteiger partial charge in [-0.3, -0.25) is 4.90 Å². The van der Waals surface area contributed by atoms with Gasteiger partial charge in [-0.2, -0.15) is 0 Å². The van der Waals surface area contributed by atoms with E-state index in [-0.39, 0.29) is 5.75 Å². The number of aromatic nitrogens is 1. The first-order valence-electron chi connectivity index (χ1n) is 16.1. The molecule has 1 atom stereocenters. The van der Waals surface area contributed by atoms with E-state index in [9.17, 15) is 5.11 Å². The van der Waals surface area contributed by atoms with Crippen molar-refractivity contribution in [2.75, 3.05) is 24.7 Å². The Kier molecular flexibility index (Phi) is 8.65. The number of aromatic hydroxyl groups is 1. The lowest BCUT2D eigenvalue weighted by molar-refractivity contribution is 0.236. The van der Waals surface area contributed by atoms with Crippen molar-refractivity contribution in [1.82, 2.24) is 9.47 Å². The Hall–Kier alpha value is -4.39. The van der Waals surface area contributed by atoms with Crippen LogP contribution >= 0.6 is 11.6 Å². The van der Waals surface area contributed by atoms with Gasteiger partial charge >= 0.3 is 0 Å². The maximum atomic E-state index is 10.1. The Balaban J connectivity index is 1.30. The molecule has 0 aliphatic carbocycles. The van der Waals surface area contributed by atoms with Crippen LogP contribution in [0.4, 0.5) is 11.4 Å². The molecule has 6 nitrogen and oxygen atoms in total. The number of hydrogen-bond donors (Lipinski definition) is 1. The van der Waals surface area contributed by atoms with Crippen LogP contribution in [0.5, 0.6) is 17.2 Å². The fourth-order valence-corrected chi connectivity index (χ4v) is 6.87. The first-order valence-corrected chi connectivity index (χ1v) is 16.5. The molecule has 0 saturated heterocycles. The van der Waals surface area contributed by atoms with Crippen LogP contribution in [0.25, 0.3) is 11.3 Å². The SMILES string of the molecule is Cc1c2cc(n1C)-c1cc(Cl)ccc1CN1CCc3c(cccc3OCCCCOc3cccc(c3)N(c3ccc(O)cc3)C2)C1. The summed E-state index contributed by atoms with van der Waals surface area (Å²) < 4.78 is 14.8. The van der Waals surface area contributed by atoms with Crippen molar-refractivity contribution >= 4 is 23.0 Å². The number of halogens is 1. The van der Waals surface area contributed by atoms with Gasteiger partial charge in [0.2, 0.25) is 0 Å². The third kappa shape index (κ3) is 6.33. The highest BCUT2D eigenvalue weighted by Crippen LogP contribution is 2.36. The zero-order valence-electron chi connectivity index (χ0n) is 26.5. The summed E-state index contributed by atoms with van der Waals surface area (Å²) in [6, 6.07) is 30.7. The van der Waals surface area contributed by atoms with Gasteiger partial charge in [0.15, 0.2) is 0 Å². The summed E-state index contributed by atoms with van der Waals surface area (Å²) in [5.74, 6) is 2.09. The van der Waals surface area contributed by atoms with Crippen molar-refractivity contribution < 1.29 is 14.6 Å². The summed E-state index contributed by atoms with van der Waals surface area (Å²) in [5.41, 5.74) is 10.6. The van der Waals surface area contributed by atoms with Crippen LogP contribution in [0, 0.1) is 6.92 Å². The summed E-state index contributed by atoms with van der Waals surface area (Å²) >= 11 is 6.65. The molecule has 8 rings (SSSR count). The van der Waals surface area contributed by atoms with Crippen molar-refractivity contribution in [2.45, 2.75) is 45.8 Å². The molecule has 1 aromatic heterocycles. The van der Waals surface area contributed by atoms with Crippen molar-refractivity contribution in [3.63, 3.8) is 0 Å². The van der Waals surface area contributed by atoms with Gasteiger partial charge in [0.05, 0.1) is 13.2 Å². The van der Waals surface area contributed by atoms with Gasteiger partial charge in [-0.05, 0) is 109 Å². The second-order valence-corrected chi connectivity index (χ2v) is 12.8. The molecule has 0 fully saturated rings. The van der Waals surface area contributed by atoms with Crippen LogP contribution in [-0.4, -0.2) is 34.3 Å². The van der Waals surface area contributed by atoms with Gasteiger partial charge in [0, 0.05) is 72.6 Å². The van der Waals surface area contributed by atoms with E-state index in [4.69, 9.17) is 21.1 Å². The van der Waals surface area contributed by atoms with Crippen LogP contribution in [0.15, 0.2) is 91.0 Å². The third-order valence-corrected chi connectivity index (χ3v) is 9.60. The van der Waals surface area contributed by atoms with Gasteiger partial charge < -0.3 is 24.0 Å². The molecule has 46 heavy (non-hydrogen) atoms. The highest BCUT2D eigenvalue weighted by atomic mass is 35.5. The van der Waals surface area contributed by atoms with Crippen LogP contribution < -0.4 is 14.4 Å². The van der Waals surface area contributed by atoms with E-state index in [1.54, 1.807) is 12.1 Å². The number of nitrogens with zero attached hydrogens (tertiary/aromatic N) is 3. The van der Waals surface area contributed by atoms with Gasteiger partial charge in [-0.1, -0.05) is 35.9 Å². The highest BCUT2D eigenvalue weighted by molar-refractivity contribution is 6.30. The van der Waals surface area contributed by atoms with Crippen LogP contribution in [0.2, 0.25) is 5.02 Å². The molecule has 0 spiro atoms. The molecule has 1 unspecified atom stereocenters. The lowest BCUT2D eigenvalue weighted by atomic mass is 9.97. The fourth-order valence-electron chi connectivity index (χ4n) is 6.70. The Morgan fingerprint density at radius 1 is 0.739 bits per heavy atom. The summed E-state index contributed by atoms with van der Waals surface area (Å²) in [6.07, 6.45) is 2.79. The number of phenols is 1. The zero-order valence-corrected chi connectivity index (χ0v) is 27.3. The van der Waals surface area contributed by atoms with Gasteiger partial charge in [0.25, 0.3) is 0 Å². The molecule has 7 heteroatoms. The number of phenolic OH excluding ortho intramolecular Hbond substituents is 1. The van der Waals surface area contributed by atoms with Crippen molar-refractivity contribution in [1.29, 1.82) is 0 Å². The number of rotatable bonds is 1. The minimum Gasteiger partial charge on any atom is -0.508 e. The normalized spacial score (nSPS) is 16.8. The molecule has 5 aromatic rings. The number of fused-ring (bicyclic) bond motifs is 7. The smallest absolute Gasteiger partial charge is 0.122 e. The summed E-state index contributed by atoms with van der Waals surface area (Å²) in [5, 5.41) is 10.8. The quantitative estimate of drug-likeness (QED) is 0.200. The summed E-state index contributed by atoms with van der Waals surface area (Å²) in [6.45, 7) is 6.81. The molecule has 3 aliphatic heterocycles. The zero-order chi connectivity index (χ0) is 31.6. The maximum absolute atomic E-state index is 10.1. The molecule has 0 amide bonds. The number of hydrogen-bond acceptors (Lipinski definition) is 5. The lowest BCUT2D eigenvalue weighted by Gasteiger charge is -2.30. The Morgan fingerprint density at radius 2 is 1.52 bits per heavy atom. The molecule has 4 heterocycles. The van der Waals surface area contributed by atoms with Gasteiger partial charge in [0.1, 0.15) is 17.2 Å². The molecule has 8 bridgehead atoms. The van der Waals surface area contributed by atoms with Crippen molar-refractivity contribution in [3.8, 4) is 28.5 Å². The molecule has 1 N–H and O–H groups in total. The van der Waals surface area contributed by atoms with E-state index in [0.717, 1.165) is 78.1 Å². The number of benzene rings is 4. The molecule has 236 valence electrons. The largest absolute Gasteiger partial charge is 0.508 e. The fraction of sp³-hybridized carbons (Fsp3) is 0.282. The first kappa shape index (κ1) is 30.3. The molecule has 0 radical (unpaired) electrons. The monoisotopic (exact) mass is 633 g/mol. The van der Waals surface area contributed by atoms with Gasteiger partial charge in [-0.15, -0.1) is 0 Å². The molecular formula is C39H40ClN3O3. The van der Waals surface area contributed by atoms with E-state index in [1.165, 1.54) is 27.9 Å². The van der Waals surface area contributed by atoms with Crippen LogP contribution in [-0.2, 0) is 33.1 Å². The highest BCUT2D eigenvalue weighted by Gasteiger charge is 2.23. The minimum absolute atomic E-state index is 0.244. The van der Waals surface area contributed by atoms with Crippen molar-refractivity contribution in [3.05, 3.63) is 124 Å². The third-order valence-electron chi connectivity index (χ3n) is 9.37. The minimum atomic E-state index is 0.244. The van der Waals surface area contributed by atoms with Gasteiger partial charge in [-0.25, -0.2) is 0 Å². The van der Waals surface area contributed by atoms with Crippen LogP contribution in [0.3, 0.4) is 0 Å². The second kappa shape index (κ2) is 13.1. The predicted octanol–water partition coefficient (Wildman–Crippen LogP) is 8.81. The standard InChI is InChI=1S/C39H40ClN3O3/c1-27-30-21-38(41(27)2)37-22-31(40)12-11-29(37)25-42-18-17-36-28(24-42)7-5-10-39(36)46-20-4-3-19-45-35-9-6-8-33(23-35)43(26-30)32-13-15-34(44)16-14-32/h5-16,21-23,44H,3-4,17-20,24-26H2,1-2H3. The Labute approximate surface area is 276 Å². The second-order valence-electron chi connectivity index (χ2n) is 12.4. The van der Waals surface area contributed by atoms with E-state index in [0.29, 0.717) is 19.8 Å². The average Bonchev–Trinajstić information content (AvgIpc) is 3.34. The Morgan fingerprint density at radius 3 is 2.37 bits per heavy atom. The summed E-state index contributed by atoms with van der Waals surface area (Å²) in [4.78, 5) is 4.80. The Bertz CT molecular complexity index is 1850. The van der Waals surface area contributed by atoms with E-state index in [2.05, 4.69) is 76.9 Å². The first-order chi connectivity index (χ1) is 22.4. The topological polar surface area (TPSA) is 50.1 Å². The summed E-state index contributed by atoms with van der Waals surface area (Å²) in [7, 11) is 2.14. The number of ether oxygens (including phenoxy) is 2. The molecular weight excluding hydrogens is 594 g/mol. The van der Waals surface area contributed by atoms with Crippen molar-refractivity contribution in [2.24, 2.45) is 7.05 Å².